The van der Waals surface area contributed by atoms with Gasteiger partial charge in [-0.3, -0.25) is 34.1 Å². The Hall–Kier alpha value is 11.2. The molecule has 0 atom stereocenters. The molecule has 0 unspecified atom stereocenters. The van der Waals surface area contributed by atoms with Gasteiger partial charge in [-0.2, -0.15) is 0 Å². The fraction of sp³-hybridized carbons (Fsp3) is 0.500. The van der Waals surface area contributed by atoms with Crippen molar-refractivity contribution < 1.29 is 425 Å². The van der Waals surface area contributed by atoms with Crippen molar-refractivity contribution in [3.8, 4) is 0 Å². The molecule has 0 amide bonds. The van der Waals surface area contributed by atoms with Crippen LogP contribution in [0.1, 0.15) is 6.92 Å². The maximum Gasteiger partial charge on any atom is 1.00 e. The summed E-state index contributed by atoms with van der Waals surface area (Å²) >= 11 is 0. The van der Waals surface area contributed by atoms with Crippen LogP contribution in [0.15, 0.2) is 0 Å². The van der Waals surface area contributed by atoms with Crippen molar-refractivity contribution in [3.63, 3.8) is 0 Å². The second-order valence-electron chi connectivity index (χ2n) is 1.67. The van der Waals surface area contributed by atoms with Gasteiger partial charge in [0.05, 0.1) is 0 Å². The van der Waals surface area contributed by atoms with Crippen molar-refractivity contribution in [1.29, 1.82) is 0 Å². The van der Waals surface area contributed by atoms with E-state index in [9.17, 15) is 0 Å². The van der Waals surface area contributed by atoms with Gasteiger partial charge in [0.15, 0.2) is 0 Å². The third-order valence-corrected chi connectivity index (χ3v) is 0. The molecule has 0 saturated heterocycles. The van der Waals surface area contributed by atoms with E-state index in [2.05, 4.69) is 0 Å². The second-order valence-corrected chi connectivity index (χ2v) is 1.67. The molecule has 0 fully saturated rings. The van der Waals surface area contributed by atoms with Gasteiger partial charge in [0.2, 0.25) is 0 Å². The quantitative estimate of drug-likeness (QED) is 0.264. The summed E-state index contributed by atoms with van der Waals surface area (Å²) in [7, 11) is -11.7. The third-order valence-electron chi connectivity index (χ3n) is 0. The molecule has 120 valence electrons. The van der Waals surface area contributed by atoms with Crippen LogP contribution in [0.4, 0.5) is 0 Å². The molecule has 0 aromatic carbocycles. The van der Waals surface area contributed by atoms with E-state index < -0.39 is 35.3 Å². The minimum atomic E-state index is -2.92. The van der Waals surface area contributed by atoms with E-state index in [-0.39, 0.29) is 355 Å². The Labute approximate surface area is 454 Å². The first-order valence-electron chi connectivity index (χ1n) is 3.76. The van der Waals surface area contributed by atoms with E-state index in [1.807, 2.05) is 0 Å². The Morgan fingerprint density at radius 2 is 0.406 bits per heavy atom. The molecular formula is C2H4B4Na12O14. The van der Waals surface area contributed by atoms with Crippen LogP contribution in [0.5, 0.6) is 0 Å². The molecule has 0 heterocycles. The third kappa shape index (κ3) is 528. The summed E-state index contributed by atoms with van der Waals surface area (Å²) in [5, 5.41) is 108. The van der Waals surface area contributed by atoms with Crippen molar-refractivity contribution in [2.45, 2.75) is 6.92 Å². The molecule has 0 aliphatic rings. The van der Waals surface area contributed by atoms with E-state index >= 15 is 0 Å². The number of aliphatic carboxylic acids is 1. The van der Waals surface area contributed by atoms with Crippen LogP contribution in [0.2, 0.25) is 0 Å². The van der Waals surface area contributed by atoms with Crippen LogP contribution in [0.25, 0.3) is 0 Å². The van der Waals surface area contributed by atoms with Gasteiger partial charge >= 0.3 is 355 Å². The molecule has 0 aromatic rings. The van der Waals surface area contributed by atoms with E-state index in [0.717, 1.165) is 6.92 Å². The van der Waals surface area contributed by atoms with E-state index in [1.54, 1.807) is 0 Å². The summed E-state index contributed by atoms with van der Waals surface area (Å²) in [5.74, 6) is -0.833. The zero-order valence-corrected chi connectivity index (χ0v) is 45.6. The van der Waals surface area contributed by atoms with Crippen LogP contribution in [-0.2, 0) is 4.79 Å². The molecule has 0 spiro atoms. The summed E-state index contributed by atoms with van der Waals surface area (Å²) in [6.07, 6.45) is 0. The van der Waals surface area contributed by atoms with E-state index in [1.165, 1.54) is 0 Å². The molecule has 30 heteroatoms. The number of carboxylic acid groups (broad SMARTS) is 1. The zero-order chi connectivity index (χ0) is 17.9. The molecule has 0 aliphatic heterocycles. The van der Waals surface area contributed by atoms with Crippen molar-refractivity contribution in [2.24, 2.45) is 0 Å². The first-order chi connectivity index (χ1) is 8.66. The SMILES string of the molecule is CC(=O)O.[Na+].[Na+].[Na+].[Na+].[Na+].[Na+].[Na+].[Na+].[Na+].[Na+].[Na+].[Na+].[O-]B([O-])[O-].[O-]B([O-])[O-].[O-]B([O-])[O-].[O-]B([O-])[O-]. The number of hydrogen-bond acceptors (Lipinski definition) is 13. The Bertz CT molecular complexity index is 153. The van der Waals surface area contributed by atoms with Crippen molar-refractivity contribution in [2.75, 3.05) is 0 Å². The summed E-state index contributed by atoms with van der Waals surface area (Å²) in [5.41, 5.74) is 0. The molecule has 1 N–H and O–H groups in total. The normalized spacial score (nSPS) is 4.16. The largest absolute Gasteiger partial charge is 1.00 e. The van der Waals surface area contributed by atoms with Crippen LogP contribution in [0.3, 0.4) is 0 Å². The predicted molar refractivity (Wildman–Crippen MR) is 36.3 cm³/mol. The number of hydrogen-bond donors (Lipinski definition) is 1. The Morgan fingerprint density at radius 3 is 0.406 bits per heavy atom. The number of carboxylic acids is 1. The van der Waals surface area contributed by atoms with Gasteiger partial charge < -0.3 is 65.4 Å². The maximum atomic E-state index is 9.00. The molecule has 0 aromatic heterocycles. The van der Waals surface area contributed by atoms with E-state index in [4.69, 9.17) is 70.2 Å². The first-order valence-corrected chi connectivity index (χ1v) is 3.76. The molecule has 14 nitrogen and oxygen atoms in total. The topological polar surface area (TPSA) is 314 Å². The van der Waals surface area contributed by atoms with E-state index in [0.29, 0.717) is 0 Å². The Kier molecular flexibility index (Phi) is 365. The summed E-state index contributed by atoms with van der Waals surface area (Å²) < 4.78 is 0. The number of rotatable bonds is 0. The van der Waals surface area contributed by atoms with Crippen LogP contribution in [0, 0.1) is 0 Å². The zero-order valence-electron chi connectivity index (χ0n) is 21.6. The molecule has 0 bridgehead atoms. The fourth-order valence-electron chi connectivity index (χ4n) is 0. The Morgan fingerprint density at radius 1 is 0.406 bits per heavy atom. The summed E-state index contributed by atoms with van der Waals surface area (Å²) in [6.45, 7) is 1.08. The predicted octanol–water partition coefficient (Wildman–Crippen LogP) is -51.7. The monoisotopic (exact) mass is 572 g/mol. The Balaban J connectivity index is -0.00000000536. The van der Waals surface area contributed by atoms with Gasteiger partial charge in [0, 0.05) is 6.92 Å². The van der Waals surface area contributed by atoms with Crippen LogP contribution >= 0.6 is 0 Å². The minimum absolute atomic E-state index is 0. The minimum Gasteiger partial charge on any atom is -0.907 e. The van der Waals surface area contributed by atoms with Crippen molar-refractivity contribution >= 4 is 35.3 Å². The first kappa shape index (κ1) is 112. The molecule has 0 saturated carbocycles. The fourth-order valence-corrected chi connectivity index (χ4v) is 0. The molecule has 0 radical (unpaired) electrons. The second kappa shape index (κ2) is 104. The number of carbonyl (C=O) groups is 1. The van der Waals surface area contributed by atoms with Crippen LogP contribution < -0.4 is 415 Å². The summed E-state index contributed by atoms with van der Waals surface area (Å²) in [6, 6.07) is 0. The smallest absolute Gasteiger partial charge is 0.907 e. The maximum absolute atomic E-state index is 9.00. The average Bonchev–Trinajstić information content (AvgIpc) is 1.94. The van der Waals surface area contributed by atoms with Crippen molar-refractivity contribution in [3.05, 3.63) is 0 Å². The standard InChI is InChI=1S/C2H4O2.4BO3.12Na/c1-2(3)4;4*2-1(3)4;;;;;;;;;;;;/h1H3,(H,3,4);;;;;;;;;;;;;;;;/q;4*-3;12*+1. The van der Waals surface area contributed by atoms with Gasteiger partial charge in [-0.25, -0.2) is 0 Å². The van der Waals surface area contributed by atoms with Crippen molar-refractivity contribution in [1.82, 2.24) is 0 Å². The van der Waals surface area contributed by atoms with Gasteiger partial charge in [-0.15, -0.1) is 0 Å². The van der Waals surface area contributed by atoms with Gasteiger partial charge in [0.1, 0.15) is 0 Å². The molecule has 0 aliphatic carbocycles. The average molecular weight is 571 g/mol. The molecule has 32 heavy (non-hydrogen) atoms. The molecule has 0 rings (SSSR count). The van der Waals surface area contributed by atoms with Crippen LogP contribution in [-0.4, -0.2) is 40.4 Å². The van der Waals surface area contributed by atoms with Gasteiger partial charge in [-0.1, -0.05) is 0 Å². The molecular weight excluding hydrogens is 567 g/mol. The van der Waals surface area contributed by atoms with Gasteiger partial charge in [0.25, 0.3) is 5.97 Å². The summed E-state index contributed by atoms with van der Waals surface area (Å²) in [4.78, 5) is 9.00. The van der Waals surface area contributed by atoms with Gasteiger partial charge in [-0.05, 0) is 0 Å².